The predicted molar refractivity (Wildman–Crippen MR) is 140 cm³/mol. The maximum atomic E-state index is 5.37. The summed E-state index contributed by atoms with van der Waals surface area (Å²) in [6.45, 7) is 3.63. The van der Waals surface area contributed by atoms with Gasteiger partial charge in [-0.2, -0.15) is 0 Å². The van der Waals surface area contributed by atoms with E-state index in [-0.39, 0.29) is 0 Å². The molecule has 2 nitrogen and oxygen atoms in total. The van der Waals surface area contributed by atoms with Crippen molar-refractivity contribution in [2.24, 2.45) is 0 Å². The lowest BCUT2D eigenvalue weighted by Crippen LogP contribution is -1.82. The molecule has 0 N–H and O–H groups in total. The largest absolute Gasteiger partial charge is 0.445 e. The van der Waals surface area contributed by atoms with E-state index in [9.17, 15) is 0 Å². The first kappa shape index (κ1) is 23.2. The molecule has 0 aliphatic heterocycles. The third-order valence-corrected chi connectivity index (χ3v) is 4.58. The van der Waals surface area contributed by atoms with Crippen molar-refractivity contribution in [3.8, 4) is 11.5 Å². The van der Waals surface area contributed by atoms with Crippen LogP contribution < -0.4 is 0 Å². The Bertz CT molecular complexity index is 1170. The van der Waals surface area contributed by atoms with E-state index in [0.29, 0.717) is 5.89 Å². The molecule has 0 aliphatic rings. The molecule has 0 fully saturated rings. The summed E-state index contributed by atoms with van der Waals surface area (Å²) >= 11 is 0. The first-order chi connectivity index (χ1) is 16.4. The molecule has 5 rings (SSSR count). The van der Waals surface area contributed by atoms with Crippen LogP contribution in [-0.2, 0) is 0 Å². The van der Waals surface area contributed by atoms with Crippen LogP contribution in [0.5, 0.6) is 0 Å². The summed E-state index contributed by atoms with van der Waals surface area (Å²) in [5.41, 5.74) is 4.44. The fraction of sp³-hybridized carbons (Fsp3) is 0. The van der Waals surface area contributed by atoms with Crippen LogP contribution in [0.25, 0.3) is 29.7 Å². The van der Waals surface area contributed by atoms with Crippen molar-refractivity contribution in [1.29, 1.82) is 0 Å². The molecule has 0 unspecified atom stereocenters. The smallest absolute Gasteiger partial charge is 0.226 e. The quantitative estimate of drug-likeness (QED) is 0.268. The van der Waals surface area contributed by atoms with Gasteiger partial charge in [0.05, 0.1) is 6.20 Å². The molecule has 0 saturated heterocycles. The number of benzene rings is 4. The monoisotopic (exact) mass is 429 g/mol. The average Bonchev–Trinajstić information content (AvgIpc) is 3.45. The SMILES string of the molecule is C(=Cc1ccccc1-c1ncco1)c1ccccc1.C=Cc1ccccc1.c1ccccc1. The number of oxazole rings is 1. The van der Waals surface area contributed by atoms with Gasteiger partial charge in [-0.15, -0.1) is 0 Å². The molecule has 162 valence electrons. The molecule has 1 aromatic heterocycles. The fourth-order valence-corrected chi connectivity index (χ4v) is 2.92. The highest BCUT2D eigenvalue weighted by Gasteiger charge is 2.05. The van der Waals surface area contributed by atoms with E-state index >= 15 is 0 Å². The molecular formula is C31H27NO. The summed E-state index contributed by atoms with van der Waals surface area (Å²) in [7, 11) is 0. The second-order valence-corrected chi connectivity index (χ2v) is 6.94. The molecule has 0 spiro atoms. The molecule has 4 aromatic carbocycles. The Balaban J connectivity index is 0.000000179. The van der Waals surface area contributed by atoms with Crippen LogP contribution in [0, 0.1) is 0 Å². The zero-order chi connectivity index (χ0) is 23.0. The molecule has 2 heteroatoms. The Morgan fingerprint density at radius 3 is 1.61 bits per heavy atom. The zero-order valence-electron chi connectivity index (χ0n) is 18.5. The van der Waals surface area contributed by atoms with Crippen molar-refractivity contribution >= 4 is 18.2 Å². The molecule has 0 radical (unpaired) electrons. The summed E-state index contributed by atoms with van der Waals surface area (Å²) in [5.74, 6) is 0.647. The summed E-state index contributed by atoms with van der Waals surface area (Å²) in [4.78, 5) is 4.20. The van der Waals surface area contributed by atoms with Crippen molar-refractivity contribution in [3.05, 3.63) is 157 Å². The van der Waals surface area contributed by atoms with E-state index in [2.05, 4.69) is 41.9 Å². The molecule has 33 heavy (non-hydrogen) atoms. The highest BCUT2D eigenvalue weighted by atomic mass is 16.3. The summed E-state index contributed by atoms with van der Waals surface area (Å²) in [6, 6.07) is 40.3. The normalized spacial score (nSPS) is 9.82. The van der Waals surface area contributed by atoms with Crippen LogP contribution in [-0.4, -0.2) is 4.98 Å². The molecule has 0 aliphatic carbocycles. The Kier molecular flexibility index (Phi) is 9.71. The molecular weight excluding hydrogens is 402 g/mol. The Labute approximate surface area is 196 Å². The summed E-state index contributed by atoms with van der Waals surface area (Å²) in [6.07, 6.45) is 9.25. The molecule has 1 heterocycles. The van der Waals surface area contributed by atoms with Crippen molar-refractivity contribution in [2.75, 3.05) is 0 Å². The molecule has 0 atom stereocenters. The van der Waals surface area contributed by atoms with Gasteiger partial charge in [0.15, 0.2) is 0 Å². The Morgan fingerprint density at radius 2 is 1.09 bits per heavy atom. The van der Waals surface area contributed by atoms with E-state index in [1.54, 1.807) is 12.5 Å². The van der Waals surface area contributed by atoms with Gasteiger partial charge in [0.25, 0.3) is 0 Å². The highest BCUT2D eigenvalue weighted by Crippen LogP contribution is 2.23. The summed E-state index contributed by atoms with van der Waals surface area (Å²) in [5, 5.41) is 0. The third-order valence-electron chi connectivity index (χ3n) is 4.58. The van der Waals surface area contributed by atoms with Crippen LogP contribution in [0.15, 0.2) is 145 Å². The molecule has 0 bridgehead atoms. The van der Waals surface area contributed by atoms with Crippen LogP contribution >= 0.6 is 0 Å². The molecule has 0 amide bonds. The number of nitrogens with zero attached hydrogens (tertiary/aromatic N) is 1. The first-order valence-electron chi connectivity index (χ1n) is 10.8. The van der Waals surface area contributed by atoms with Crippen molar-refractivity contribution < 1.29 is 4.42 Å². The van der Waals surface area contributed by atoms with Crippen LogP contribution in [0.3, 0.4) is 0 Å². The third kappa shape index (κ3) is 8.31. The molecule has 0 saturated carbocycles. The molecule has 5 aromatic rings. The van der Waals surface area contributed by atoms with Crippen molar-refractivity contribution in [3.63, 3.8) is 0 Å². The van der Waals surface area contributed by atoms with Gasteiger partial charge in [0, 0.05) is 5.56 Å². The second kappa shape index (κ2) is 13.8. The first-order valence-corrected chi connectivity index (χ1v) is 10.8. The lowest BCUT2D eigenvalue weighted by Gasteiger charge is -2.01. The summed E-state index contributed by atoms with van der Waals surface area (Å²) < 4.78 is 5.37. The van der Waals surface area contributed by atoms with Crippen LogP contribution in [0.2, 0.25) is 0 Å². The standard InChI is InChI=1S/C17H13NO.C8H8.C6H6/c1-2-6-14(7-3-1)10-11-15-8-4-5-9-16(15)17-18-12-13-19-17;1-2-8-6-4-3-5-7-8;1-2-4-6-5-3-1/h1-13H;2-7H,1H2;1-6H. The lowest BCUT2D eigenvalue weighted by molar-refractivity contribution is 0.574. The minimum atomic E-state index is 0.647. The minimum Gasteiger partial charge on any atom is -0.445 e. The van der Waals surface area contributed by atoms with E-state index < -0.39 is 0 Å². The van der Waals surface area contributed by atoms with E-state index in [1.165, 1.54) is 11.1 Å². The highest BCUT2D eigenvalue weighted by molar-refractivity contribution is 5.78. The van der Waals surface area contributed by atoms with Gasteiger partial charge < -0.3 is 4.42 Å². The van der Waals surface area contributed by atoms with Gasteiger partial charge in [-0.1, -0.05) is 140 Å². The van der Waals surface area contributed by atoms with Crippen LogP contribution in [0.4, 0.5) is 0 Å². The van der Waals surface area contributed by atoms with Gasteiger partial charge in [-0.3, -0.25) is 0 Å². The second-order valence-electron chi connectivity index (χ2n) is 6.94. The zero-order valence-corrected chi connectivity index (χ0v) is 18.5. The number of aromatic nitrogens is 1. The van der Waals surface area contributed by atoms with Gasteiger partial charge in [0.1, 0.15) is 6.26 Å². The predicted octanol–water partition coefficient (Wildman–Crippen LogP) is 8.53. The number of hydrogen-bond donors (Lipinski definition) is 0. The fourth-order valence-electron chi connectivity index (χ4n) is 2.92. The number of hydrogen-bond acceptors (Lipinski definition) is 2. The van der Waals surface area contributed by atoms with Gasteiger partial charge in [0.2, 0.25) is 5.89 Å². The number of rotatable bonds is 4. The van der Waals surface area contributed by atoms with Crippen LogP contribution in [0.1, 0.15) is 16.7 Å². The average molecular weight is 430 g/mol. The van der Waals surface area contributed by atoms with Gasteiger partial charge >= 0.3 is 0 Å². The van der Waals surface area contributed by atoms with Crippen molar-refractivity contribution in [2.45, 2.75) is 0 Å². The maximum absolute atomic E-state index is 5.37. The topological polar surface area (TPSA) is 26.0 Å². The Morgan fingerprint density at radius 1 is 0.576 bits per heavy atom. The van der Waals surface area contributed by atoms with Crippen molar-refractivity contribution in [1.82, 2.24) is 4.98 Å². The lowest BCUT2D eigenvalue weighted by atomic mass is 10.1. The maximum Gasteiger partial charge on any atom is 0.226 e. The van der Waals surface area contributed by atoms with Gasteiger partial charge in [-0.25, -0.2) is 4.98 Å². The minimum absolute atomic E-state index is 0.647. The Hall–Kier alpha value is -4.43. The van der Waals surface area contributed by atoms with E-state index in [4.69, 9.17) is 4.42 Å². The van der Waals surface area contributed by atoms with E-state index in [1.807, 2.05) is 109 Å². The van der Waals surface area contributed by atoms with E-state index in [0.717, 1.165) is 11.1 Å². The van der Waals surface area contributed by atoms with Gasteiger partial charge in [-0.05, 0) is 22.8 Å².